The van der Waals surface area contributed by atoms with Crippen LogP contribution >= 0.6 is 0 Å². The number of carboxylic acid groups (broad SMARTS) is 1. The molecule has 0 spiro atoms. The van der Waals surface area contributed by atoms with E-state index in [0.717, 1.165) is 16.7 Å². The predicted molar refractivity (Wildman–Crippen MR) is 106 cm³/mol. The molecule has 0 aliphatic rings. The van der Waals surface area contributed by atoms with Gasteiger partial charge >= 0.3 is 5.97 Å². The van der Waals surface area contributed by atoms with Crippen molar-refractivity contribution in [1.82, 2.24) is 10.2 Å². The van der Waals surface area contributed by atoms with E-state index < -0.39 is 12.0 Å². The van der Waals surface area contributed by atoms with Crippen molar-refractivity contribution in [1.29, 1.82) is 0 Å². The highest BCUT2D eigenvalue weighted by atomic mass is 16.4. The molecular formula is C22H26N2O4. The molecule has 2 amide bonds. The molecule has 2 aromatic rings. The maximum atomic E-state index is 12.5. The second-order valence-corrected chi connectivity index (χ2v) is 6.75. The Kier molecular flexibility index (Phi) is 7.75. The Morgan fingerprint density at radius 1 is 1.04 bits per heavy atom. The summed E-state index contributed by atoms with van der Waals surface area (Å²) in [6.45, 7) is 4.05. The Hall–Kier alpha value is -3.15. The fourth-order valence-electron chi connectivity index (χ4n) is 3.05. The van der Waals surface area contributed by atoms with Crippen LogP contribution in [0.15, 0.2) is 54.6 Å². The molecule has 1 atom stereocenters. The topological polar surface area (TPSA) is 86.7 Å². The lowest BCUT2D eigenvalue weighted by Crippen LogP contribution is -2.35. The number of hydrogen-bond acceptors (Lipinski definition) is 3. The number of hydrogen-bond donors (Lipinski definition) is 2. The molecule has 2 rings (SSSR count). The number of aliphatic carboxylic acids is 1. The summed E-state index contributed by atoms with van der Waals surface area (Å²) in [7, 11) is 0. The Bertz CT molecular complexity index is 820. The first-order valence-corrected chi connectivity index (χ1v) is 9.23. The Morgan fingerprint density at radius 2 is 1.68 bits per heavy atom. The lowest BCUT2D eigenvalue weighted by atomic mass is 9.98. The first kappa shape index (κ1) is 21.2. The standard InChI is InChI=1S/C22H26N2O4/c1-16-8-6-7-11-19(16)20(14-22(27)28)23-21(26)12-13-24(17(2)25)15-18-9-4-3-5-10-18/h3-11,20H,12-15H2,1-2H3,(H,23,26)(H,27,28). The molecule has 0 aliphatic heterocycles. The maximum Gasteiger partial charge on any atom is 0.305 e. The largest absolute Gasteiger partial charge is 0.481 e. The van der Waals surface area contributed by atoms with Crippen LogP contribution < -0.4 is 5.32 Å². The molecule has 0 saturated heterocycles. The third kappa shape index (κ3) is 6.54. The van der Waals surface area contributed by atoms with E-state index in [2.05, 4.69) is 5.32 Å². The molecule has 0 aromatic heterocycles. The molecule has 2 aromatic carbocycles. The smallest absolute Gasteiger partial charge is 0.305 e. The van der Waals surface area contributed by atoms with Crippen molar-refractivity contribution in [2.24, 2.45) is 0 Å². The van der Waals surface area contributed by atoms with Crippen molar-refractivity contribution >= 4 is 17.8 Å². The lowest BCUT2D eigenvalue weighted by Gasteiger charge is -2.23. The van der Waals surface area contributed by atoms with Gasteiger partial charge in [-0.25, -0.2) is 0 Å². The van der Waals surface area contributed by atoms with Crippen molar-refractivity contribution in [2.75, 3.05) is 6.54 Å². The molecule has 0 heterocycles. The van der Waals surface area contributed by atoms with E-state index in [1.165, 1.54) is 6.92 Å². The first-order valence-electron chi connectivity index (χ1n) is 9.23. The third-order valence-electron chi connectivity index (χ3n) is 4.55. The summed E-state index contributed by atoms with van der Waals surface area (Å²) in [4.78, 5) is 37.2. The van der Waals surface area contributed by atoms with Crippen LogP contribution in [0, 0.1) is 6.92 Å². The van der Waals surface area contributed by atoms with Gasteiger partial charge in [0.2, 0.25) is 11.8 Å². The second-order valence-electron chi connectivity index (χ2n) is 6.75. The highest BCUT2D eigenvalue weighted by molar-refractivity contribution is 5.79. The van der Waals surface area contributed by atoms with E-state index in [0.29, 0.717) is 6.54 Å². The van der Waals surface area contributed by atoms with Gasteiger partial charge in [-0.15, -0.1) is 0 Å². The average molecular weight is 382 g/mol. The normalized spacial score (nSPS) is 11.5. The van der Waals surface area contributed by atoms with Gasteiger partial charge in [-0.05, 0) is 23.6 Å². The van der Waals surface area contributed by atoms with Crippen molar-refractivity contribution < 1.29 is 19.5 Å². The summed E-state index contributed by atoms with van der Waals surface area (Å²) in [6, 6.07) is 16.4. The third-order valence-corrected chi connectivity index (χ3v) is 4.55. The zero-order chi connectivity index (χ0) is 20.5. The van der Waals surface area contributed by atoms with E-state index >= 15 is 0 Å². The minimum absolute atomic E-state index is 0.106. The number of nitrogens with zero attached hydrogens (tertiary/aromatic N) is 1. The molecule has 2 N–H and O–H groups in total. The van der Waals surface area contributed by atoms with Gasteiger partial charge < -0.3 is 15.3 Å². The van der Waals surface area contributed by atoms with Crippen LogP contribution in [0.4, 0.5) is 0 Å². The minimum atomic E-state index is -0.983. The molecule has 148 valence electrons. The Morgan fingerprint density at radius 3 is 2.29 bits per heavy atom. The zero-order valence-electron chi connectivity index (χ0n) is 16.2. The molecular weight excluding hydrogens is 356 g/mol. The molecule has 0 bridgehead atoms. The fourth-order valence-corrected chi connectivity index (χ4v) is 3.05. The predicted octanol–water partition coefficient (Wildman–Crippen LogP) is 3.07. The SMILES string of the molecule is CC(=O)N(CCC(=O)NC(CC(=O)O)c1ccccc1C)Cc1ccccc1. The first-order chi connectivity index (χ1) is 13.4. The minimum Gasteiger partial charge on any atom is -0.481 e. The molecule has 0 fully saturated rings. The van der Waals surface area contributed by atoms with Crippen LogP contribution in [0.25, 0.3) is 0 Å². The lowest BCUT2D eigenvalue weighted by molar-refractivity contribution is -0.137. The quantitative estimate of drug-likeness (QED) is 0.698. The van der Waals surface area contributed by atoms with Crippen molar-refractivity contribution in [3.63, 3.8) is 0 Å². The van der Waals surface area contributed by atoms with Crippen LogP contribution in [0.1, 0.15) is 42.5 Å². The zero-order valence-corrected chi connectivity index (χ0v) is 16.2. The van der Waals surface area contributed by atoms with E-state index in [4.69, 9.17) is 0 Å². The van der Waals surface area contributed by atoms with E-state index in [1.54, 1.807) is 4.90 Å². The fraction of sp³-hybridized carbons (Fsp3) is 0.318. The van der Waals surface area contributed by atoms with Gasteiger partial charge in [0.15, 0.2) is 0 Å². The summed E-state index contributed by atoms with van der Waals surface area (Å²) in [5, 5.41) is 12.0. The summed E-state index contributed by atoms with van der Waals surface area (Å²) in [5.74, 6) is -1.38. The summed E-state index contributed by atoms with van der Waals surface area (Å²) < 4.78 is 0. The second kappa shape index (κ2) is 10.3. The van der Waals surface area contributed by atoms with Crippen LogP contribution in [0.5, 0.6) is 0 Å². The van der Waals surface area contributed by atoms with E-state index in [-0.39, 0.29) is 31.2 Å². The van der Waals surface area contributed by atoms with Gasteiger partial charge in [-0.1, -0.05) is 54.6 Å². The van der Waals surface area contributed by atoms with Crippen LogP contribution in [0.3, 0.4) is 0 Å². The number of carbonyl (C=O) groups is 3. The number of amides is 2. The number of aryl methyl sites for hydroxylation is 1. The molecule has 0 radical (unpaired) electrons. The monoisotopic (exact) mass is 382 g/mol. The average Bonchev–Trinajstić information content (AvgIpc) is 2.65. The van der Waals surface area contributed by atoms with Gasteiger partial charge in [-0.2, -0.15) is 0 Å². The number of benzene rings is 2. The molecule has 1 unspecified atom stereocenters. The summed E-state index contributed by atoms with van der Waals surface area (Å²) in [5.41, 5.74) is 2.69. The van der Waals surface area contributed by atoms with Gasteiger partial charge in [0.05, 0.1) is 12.5 Å². The van der Waals surface area contributed by atoms with Crippen molar-refractivity contribution in [3.05, 3.63) is 71.3 Å². The van der Waals surface area contributed by atoms with Gasteiger partial charge in [-0.3, -0.25) is 14.4 Å². The van der Waals surface area contributed by atoms with Gasteiger partial charge in [0.25, 0.3) is 0 Å². The maximum absolute atomic E-state index is 12.5. The van der Waals surface area contributed by atoms with Crippen molar-refractivity contribution in [2.45, 2.75) is 39.3 Å². The van der Waals surface area contributed by atoms with E-state index in [9.17, 15) is 19.5 Å². The Labute approximate surface area is 165 Å². The number of rotatable bonds is 9. The molecule has 0 saturated carbocycles. The van der Waals surface area contributed by atoms with Gasteiger partial charge in [0.1, 0.15) is 0 Å². The van der Waals surface area contributed by atoms with Crippen LogP contribution in [0.2, 0.25) is 0 Å². The molecule has 28 heavy (non-hydrogen) atoms. The highest BCUT2D eigenvalue weighted by Crippen LogP contribution is 2.21. The van der Waals surface area contributed by atoms with Crippen LogP contribution in [-0.4, -0.2) is 34.3 Å². The molecule has 0 aliphatic carbocycles. The highest BCUT2D eigenvalue weighted by Gasteiger charge is 2.20. The molecule has 6 heteroatoms. The van der Waals surface area contributed by atoms with E-state index in [1.807, 2.05) is 61.5 Å². The number of carbonyl (C=O) groups excluding carboxylic acids is 2. The summed E-state index contributed by atoms with van der Waals surface area (Å²) in [6.07, 6.45) is -0.0918. The van der Waals surface area contributed by atoms with Crippen LogP contribution in [-0.2, 0) is 20.9 Å². The Balaban J connectivity index is 2.00. The number of carboxylic acids is 1. The summed E-state index contributed by atoms with van der Waals surface area (Å²) >= 11 is 0. The van der Waals surface area contributed by atoms with Crippen molar-refractivity contribution in [3.8, 4) is 0 Å². The molecule has 6 nitrogen and oxygen atoms in total. The number of nitrogens with one attached hydrogen (secondary N) is 1. The van der Waals surface area contributed by atoms with Gasteiger partial charge in [0, 0.05) is 26.4 Å².